The molecule has 0 radical (unpaired) electrons. The number of phenolic OH excluding ortho intramolecular Hbond substituents is 1. The molecule has 1 aliphatic carbocycles. The molecular formula is C12H13N3O2. The summed E-state index contributed by atoms with van der Waals surface area (Å²) >= 11 is 0. The third-order valence-electron chi connectivity index (χ3n) is 3.13. The highest BCUT2D eigenvalue weighted by Crippen LogP contribution is 2.37. The van der Waals surface area contributed by atoms with Crippen molar-refractivity contribution in [1.82, 2.24) is 10.1 Å². The van der Waals surface area contributed by atoms with Crippen LogP contribution in [0.2, 0.25) is 0 Å². The van der Waals surface area contributed by atoms with Crippen LogP contribution in [0, 0.1) is 0 Å². The minimum absolute atomic E-state index is 0.204. The van der Waals surface area contributed by atoms with Crippen LogP contribution >= 0.6 is 0 Å². The summed E-state index contributed by atoms with van der Waals surface area (Å²) in [5.74, 6) is 1.02. The molecule has 0 atom stereocenters. The lowest BCUT2D eigenvalue weighted by molar-refractivity contribution is 0.380. The van der Waals surface area contributed by atoms with Gasteiger partial charge in [0, 0.05) is 0 Å². The van der Waals surface area contributed by atoms with Gasteiger partial charge in [0.15, 0.2) is 0 Å². The number of hydrogen-bond acceptors (Lipinski definition) is 5. The summed E-state index contributed by atoms with van der Waals surface area (Å²) in [6, 6.07) is 3.66. The van der Waals surface area contributed by atoms with Gasteiger partial charge in [-0.2, -0.15) is 4.98 Å². The third kappa shape index (κ3) is 1.59. The number of rotatable bonds is 2. The molecule has 0 aliphatic heterocycles. The molecule has 0 saturated heterocycles. The molecule has 17 heavy (non-hydrogen) atoms. The third-order valence-corrected chi connectivity index (χ3v) is 3.13. The number of benzene rings is 1. The van der Waals surface area contributed by atoms with Gasteiger partial charge in [0.05, 0.1) is 12.1 Å². The van der Waals surface area contributed by atoms with Crippen LogP contribution in [0.15, 0.2) is 16.7 Å². The van der Waals surface area contributed by atoms with Crippen LogP contribution in [-0.4, -0.2) is 15.2 Å². The normalized spacial score (nSPS) is 13.9. The van der Waals surface area contributed by atoms with Gasteiger partial charge in [0.1, 0.15) is 5.75 Å². The highest BCUT2D eigenvalue weighted by atomic mass is 16.5. The monoisotopic (exact) mass is 231 g/mol. The lowest BCUT2D eigenvalue weighted by Crippen LogP contribution is -1.96. The van der Waals surface area contributed by atoms with E-state index in [4.69, 9.17) is 10.3 Å². The summed E-state index contributed by atoms with van der Waals surface area (Å²) in [6.07, 6.45) is 3.10. The summed E-state index contributed by atoms with van der Waals surface area (Å²) in [5.41, 5.74) is 8.53. The minimum Gasteiger partial charge on any atom is -0.507 e. The number of nitrogens with zero attached hydrogens (tertiary/aromatic N) is 2. The van der Waals surface area contributed by atoms with E-state index in [0.29, 0.717) is 17.3 Å². The Morgan fingerprint density at radius 1 is 1.35 bits per heavy atom. The number of fused-ring (bicyclic) bond motifs is 1. The van der Waals surface area contributed by atoms with Crippen molar-refractivity contribution in [3.63, 3.8) is 0 Å². The molecule has 1 aromatic carbocycles. The molecule has 5 nitrogen and oxygen atoms in total. The van der Waals surface area contributed by atoms with E-state index in [1.165, 1.54) is 5.56 Å². The first-order valence-corrected chi connectivity index (χ1v) is 5.66. The predicted molar refractivity (Wildman–Crippen MR) is 61.3 cm³/mol. The van der Waals surface area contributed by atoms with E-state index >= 15 is 0 Å². The van der Waals surface area contributed by atoms with E-state index in [1.807, 2.05) is 6.07 Å². The van der Waals surface area contributed by atoms with Crippen molar-refractivity contribution >= 4 is 0 Å². The largest absolute Gasteiger partial charge is 0.507 e. The van der Waals surface area contributed by atoms with Crippen LogP contribution in [-0.2, 0) is 19.4 Å². The molecule has 1 aliphatic rings. The topological polar surface area (TPSA) is 85.2 Å². The molecular weight excluding hydrogens is 218 g/mol. The fraction of sp³-hybridized carbons (Fsp3) is 0.333. The fourth-order valence-corrected chi connectivity index (χ4v) is 2.34. The molecule has 2 aromatic rings. The summed E-state index contributed by atoms with van der Waals surface area (Å²) < 4.78 is 4.99. The molecule has 1 heterocycles. The Bertz CT molecular complexity index is 563. The summed E-state index contributed by atoms with van der Waals surface area (Å²) in [7, 11) is 0. The van der Waals surface area contributed by atoms with Gasteiger partial charge in [-0.05, 0) is 36.5 Å². The Hall–Kier alpha value is -1.88. The second-order valence-corrected chi connectivity index (χ2v) is 4.17. The molecule has 0 spiro atoms. The Labute approximate surface area is 98.3 Å². The van der Waals surface area contributed by atoms with Crippen LogP contribution < -0.4 is 5.73 Å². The molecule has 0 fully saturated rings. The van der Waals surface area contributed by atoms with Gasteiger partial charge >= 0.3 is 0 Å². The van der Waals surface area contributed by atoms with Crippen molar-refractivity contribution < 1.29 is 9.63 Å². The lowest BCUT2D eigenvalue weighted by Gasteiger charge is -2.06. The van der Waals surface area contributed by atoms with E-state index in [0.717, 1.165) is 24.8 Å². The van der Waals surface area contributed by atoms with E-state index in [-0.39, 0.29) is 12.3 Å². The van der Waals surface area contributed by atoms with Gasteiger partial charge in [-0.3, -0.25) is 0 Å². The average Bonchev–Trinajstić information content (AvgIpc) is 2.96. The van der Waals surface area contributed by atoms with Gasteiger partial charge in [-0.25, -0.2) is 0 Å². The van der Waals surface area contributed by atoms with E-state index < -0.39 is 0 Å². The first-order chi connectivity index (χ1) is 8.29. The Kier molecular flexibility index (Phi) is 2.33. The SMILES string of the molecule is NCc1nc(-c2c(O)ccc3c2CCC3)no1. The maximum absolute atomic E-state index is 9.96. The van der Waals surface area contributed by atoms with Crippen LogP contribution in [0.4, 0.5) is 0 Å². The minimum atomic E-state index is 0.204. The molecule has 0 amide bonds. The number of aromatic hydroxyl groups is 1. The zero-order valence-corrected chi connectivity index (χ0v) is 9.31. The van der Waals surface area contributed by atoms with Crippen LogP contribution in [0.1, 0.15) is 23.4 Å². The number of phenols is 1. The van der Waals surface area contributed by atoms with E-state index in [2.05, 4.69) is 10.1 Å². The highest BCUT2D eigenvalue weighted by Gasteiger charge is 2.22. The van der Waals surface area contributed by atoms with Crippen molar-refractivity contribution in [2.24, 2.45) is 5.73 Å². The van der Waals surface area contributed by atoms with E-state index in [1.54, 1.807) is 6.07 Å². The van der Waals surface area contributed by atoms with E-state index in [9.17, 15) is 5.11 Å². The lowest BCUT2D eigenvalue weighted by atomic mass is 10.0. The smallest absolute Gasteiger partial charge is 0.240 e. The zero-order valence-electron chi connectivity index (χ0n) is 9.31. The molecule has 3 N–H and O–H groups in total. The van der Waals surface area contributed by atoms with Gasteiger partial charge in [0.2, 0.25) is 11.7 Å². The van der Waals surface area contributed by atoms with Crippen LogP contribution in [0.3, 0.4) is 0 Å². The number of hydrogen-bond donors (Lipinski definition) is 2. The Balaban J connectivity index is 2.16. The quantitative estimate of drug-likeness (QED) is 0.815. The van der Waals surface area contributed by atoms with Crippen molar-refractivity contribution in [3.05, 3.63) is 29.2 Å². The predicted octanol–water partition coefficient (Wildman–Crippen LogP) is 1.39. The van der Waals surface area contributed by atoms with Gasteiger partial charge < -0.3 is 15.4 Å². The first kappa shape index (κ1) is 10.3. The maximum Gasteiger partial charge on any atom is 0.240 e. The Morgan fingerprint density at radius 3 is 3.00 bits per heavy atom. The van der Waals surface area contributed by atoms with Gasteiger partial charge in [-0.15, -0.1) is 0 Å². The molecule has 0 bridgehead atoms. The molecule has 5 heteroatoms. The van der Waals surface area contributed by atoms with Crippen LogP contribution in [0.5, 0.6) is 5.75 Å². The molecule has 3 rings (SSSR count). The maximum atomic E-state index is 9.96. The molecule has 0 saturated carbocycles. The number of aryl methyl sites for hydroxylation is 1. The van der Waals surface area contributed by atoms with Crippen LogP contribution in [0.25, 0.3) is 11.4 Å². The second kappa shape index (κ2) is 3.85. The van der Waals surface area contributed by atoms with Crippen molar-refractivity contribution in [2.75, 3.05) is 0 Å². The van der Waals surface area contributed by atoms with Crippen molar-refractivity contribution in [1.29, 1.82) is 0 Å². The zero-order chi connectivity index (χ0) is 11.8. The summed E-state index contributed by atoms with van der Waals surface area (Å²) in [6.45, 7) is 0.211. The fourth-order valence-electron chi connectivity index (χ4n) is 2.34. The molecule has 0 unspecified atom stereocenters. The average molecular weight is 231 g/mol. The number of aromatic nitrogens is 2. The second-order valence-electron chi connectivity index (χ2n) is 4.17. The number of nitrogens with two attached hydrogens (primary N) is 1. The van der Waals surface area contributed by atoms with Crippen molar-refractivity contribution in [2.45, 2.75) is 25.8 Å². The van der Waals surface area contributed by atoms with Gasteiger partial charge in [-0.1, -0.05) is 11.2 Å². The Morgan fingerprint density at radius 2 is 2.24 bits per heavy atom. The summed E-state index contributed by atoms with van der Waals surface area (Å²) in [5, 5.41) is 13.8. The molecule has 88 valence electrons. The summed E-state index contributed by atoms with van der Waals surface area (Å²) in [4.78, 5) is 4.17. The van der Waals surface area contributed by atoms with Gasteiger partial charge in [0.25, 0.3) is 0 Å². The highest BCUT2D eigenvalue weighted by molar-refractivity contribution is 5.70. The van der Waals surface area contributed by atoms with Crippen molar-refractivity contribution in [3.8, 4) is 17.1 Å². The molecule has 1 aromatic heterocycles. The first-order valence-electron chi connectivity index (χ1n) is 5.66. The standard InChI is InChI=1S/C12H13N3O2/c13-6-10-14-12(15-17-10)11-8-3-1-2-7(8)4-5-9(11)16/h4-5,16H,1-3,6,13H2.